The van der Waals surface area contributed by atoms with Gasteiger partial charge in [0.1, 0.15) is 0 Å². The first-order valence-corrected chi connectivity index (χ1v) is 4.05. The van der Waals surface area contributed by atoms with Crippen LogP contribution in [0.25, 0.3) is 0 Å². The summed E-state index contributed by atoms with van der Waals surface area (Å²) >= 11 is 0. The van der Waals surface area contributed by atoms with E-state index in [9.17, 15) is 0 Å². The molecule has 0 aromatic heterocycles. The fraction of sp³-hybridized carbons (Fsp3) is 1.00. The van der Waals surface area contributed by atoms with E-state index in [1.54, 1.807) is 0 Å². The van der Waals surface area contributed by atoms with Crippen molar-refractivity contribution in [1.82, 2.24) is 10.6 Å². The lowest BCUT2D eigenvalue weighted by atomic mass is 9.86. The molecule has 0 aromatic rings. The first kappa shape index (κ1) is 11.2. The predicted molar refractivity (Wildman–Crippen MR) is 51.4 cm³/mol. The third kappa shape index (κ3) is 3.41. The molecule has 0 spiro atoms. The second kappa shape index (κ2) is 4.29. The van der Waals surface area contributed by atoms with E-state index in [2.05, 4.69) is 31.4 Å². The minimum Gasteiger partial charge on any atom is -0.314 e. The van der Waals surface area contributed by atoms with Crippen LogP contribution >= 0.6 is 12.4 Å². The molecule has 1 heterocycles. The second-order valence-corrected chi connectivity index (χ2v) is 4.08. The highest BCUT2D eigenvalue weighted by Gasteiger charge is 2.24. The van der Waals surface area contributed by atoms with Crippen molar-refractivity contribution in [3.05, 3.63) is 0 Å². The van der Waals surface area contributed by atoms with Crippen LogP contribution in [0.3, 0.4) is 0 Å². The maximum atomic E-state index is 3.50. The highest BCUT2D eigenvalue weighted by atomic mass is 35.5. The van der Waals surface area contributed by atoms with Gasteiger partial charge >= 0.3 is 0 Å². The summed E-state index contributed by atoms with van der Waals surface area (Å²) in [6.07, 6.45) is 0. The highest BCUT2D eigenvalue weighted by molar-refractivity contribution is 5.85. The molecule has 0 amide bonds. The van der Waals surface area contributed by atoms with Gasteiger partial charge in [-0.15, -0.1) is 12.4 Å². The molecule has 1 fully saturated rings. The van der Waals surface area contributed by atoms with Crippen LogP contribution in [0.2, 0.25) is 0 Å². The quantitative estimate of drug-likeness (QED) is 0.579. The van der Waals surface area contributed by atoms with Gasteiger partial charge < -0.3 is 10.6 Å². The molecule has 2 nitrogen and oxygen atoms in total. The van der Waals surface area contributed by atoms with Crippen molar-refractivity contribution in [2.75, 3.05) is 19.6 Å². The third-order valence-electron chi connectivity index (χ3n) is 2.09. The van der Waals surface area contributed by atoms with Gasteiger partial charge in [-0.25, -0.2) is 0 Å². The van der Waals surface area contributed by atoms with Gasteiger partial charge in [0.05, 0.1) is 0 Å². The molecule has 3 heteroatoms. The molecule has 2 N–H and O–H groups in total. The van der Waals surface area contributed by atoms with Crippen LogP contribution in [0.15, 0.2) is 0 Å². The van der Waals surface area contributed by atoms with Gasteiger partial charge in [0.2, 0.25) is 0 Å². The van der Waals surface area contributed by atoms with E-state index in [4.69, 9.17) is 0 Å². The maximum Gasteiger partial charge on any atom is 0.0241 e. The van der Waals surface area contributed by atoms with E-state index in [1.165, 1.54) is 0 Å². The summed E-state index contributed by atoms with van der Waals surface area (Å²) < 4.78 is 0. The van der Waals surface area contributed by atoms with Crippen LogP contribution < -0.4 is 10.6 Å². The van der Waals surface area contributed by atoms with E-state index in [0.29, 0.717) is 11.5 Å². The Morgan fingerprint density at radius 3 is 2.09 bits per heavy atom. The highest BCUT2D eigenvalue weighted by Crippen LogP contribution is 2.19. The Hall–Kier alpha value is 0.210. The Bertz CT molecular complexity index is 103. The molecule has 0 aliphatic carbocycles. The van der Waals surface area contributed by atoms with Crippen LogP contribution in [0, 0.1) is 5.41 Å². The van der Waals surface area contributed by atoms with Crippen LogP contribution in [0.5, 0.6) is 0 Å². The molecule has 1 aliphatic rings. The van der Waals surface area contributed by atoms with Gasteiger partial charge in [-0.1, -0.05) is 20.8 Å². The van der Waals surface area contributed by atoms with Crippen molar-refractivity contribution >= 4 is 12.4 Å². The van der Waals surface area contributed by atoms with E-state index < -0.39 is 0 Å². The fourth-order valence-corrected chi connectivity index (χ4v) is 1.27. The average Bonchev–Trinajstić information content (AvgIpc) is 1.88. The van der Waals surface area contributed by atoms with Crippen molar-refractivity contribution < 1.29 is 0 Å². The van der Waals surface area contributed by atoms with E-state index in [1.807, 2.05) is 0 Å². The minimum atomic E-state index is 0. The van der Waals surface area contributed by atoms with Crippen LogP contribution in [-0.2, 0) is 0 Å². The Morgan fingerprint density at radius 2 is 1.82 bits per heavy atom. The second-order valence-electron chi connectivity index (χ2n) is 4.08. The minimum absolute atomic E-state index is 0. The molecule has 0 saturated carbocycles. The Morgan fingerprint density at radius 1 is 1.18 bits per heavy atom. The largest absolute Gasteiger partial charge is 0.314 e. The number of rotatable bonds is 0. The van der Waals surface area contributed by atoms with Crippen molar-refractivity contribution in [3.63, 3.8) is 0 Å². The Labute approximate surface area is 75.5 Å². The van der Waals surface area contributed by atoms with Crippen LogP contribution in [0.1, 0.15) is 20.8 Å². The fourth-order valence-electron chi connectivity index (χ4n) is 1.27. The summed E-state index contributed by atoms with van der Waals surface area (Å²) in [5.74, 6) is 0. The number of hydrogen-bond donors (Lipinski definition) is 2. The van der Waals surface area contributed by atoms with Gasteiger partial charge in [-0.3, -0.25) is 0 Å². The molecule has 0 aromatic carbocycles. The summed E-state index contributed by atoms with van der Waals surface area (Å²) in [6, 6.07) is 0.640. The molecule has 1 atom stereocenters. The van der Waals surface area contributed by atoms with Gasteiger partial charge in [-0.2, -0.15) is 0 Å². The SMILES string of the molecule is CC(C)(C)[C@@H]1CNCCN1.Cl. The maximum absolute atomic E-state index is 3.50. The zero-order valence-corrected chi connectivity index (χ0v) is 8.42. The molecule has 1 saturated heterocycles. The van der Waals surface area contributed by atoms with E-state index in [0.717, 1.165) is 19.6 Å². The first-order chi connectivity index (χ1) is 4.61. The van der Waals surface area contributed by atoms with Gasteiger partial charge in [0.15, 0.2) is 0 Å². The lowest BCUT2D eigenvalue weighted by Gasteiger charge is -2.35. The number of nitrogens with one attached hydrogen (secondary N) is 2. The molecular weight excluding hydrogens is 160 g/mol. The summed E-state index contributed by atoms with van der Waals surface area (Å²) in [6.45, 7) is 10.2. The Kier molecular flexibility index (Phi) is 4.37. The molecule has 0 unspecified atom stereocenters. The number of hydrogen-bond acceptors (Lipinski definition) is 2. The molecule has 1 aliphatic heterocycles. The average molecular weight is 179 g/mol. The van der Waals surface area contributed by atoms with E-state index in [-0.39, 0.29) is 12.4 Å². The molecule has 1 rings (SSSR count). The molecular formula is C8H19ClN2. The standard InChI is InChI=1S/C8H18N2.ClH/c1-8(2,3)7-6-9-4-5-10-7;/h7,9-10H,4-6H2,1-3H3;1H/t7-;/m0./s1. The van der Waals surface area contributed by atoms with Crippen LogP contribution in [0.4, 0.5) is 0 Å². The van der Waals surface area contributed by atoms with Gasteiger partial charge in [-0.05, 0) is 5.41 Å². The topological polar surface area (TPSA) is 24.1 Å². The number of halogens is 1. The van der Waals surface area contributed by atoms with Crippen molar-refractivity contribution in [3.8, 4) is 0 Å². The Balaban J connectivity index is 0.000001000. The lowest BCUT2D eigenvalue weighted by molar-refractivity contribution is 0.239. The zero-order chi connectivity index (χ0) is 7.61. The monoisotopic (exact) mass is 178 g/mol. The van der Waals surface area contributed by atoms with Gasteiger partial charge in [0, 0.05) is 25.7 Å². The van der Waals surface area contributed by atoms with Crippen molar-refractivity contribution in [2.45, 2.75) is 26.8 Å². The molecule has 0 radical (unpaired) electrons. The molecule has 0 bridgehead atoms. The third-order valence-corrected chi connectivity index (χ3v) is 2.09. The summed E-state index contributed by atoms with van der Waals surface area (Å²) in [4.78, 5) is 0. The predicted octanol–water partition coefficient (Wildman–Crippen LogP) is 1.02. The van der Waals surface area contributed by atoms with Crippen molar-refractivity contribution in [2.24, 2.45) is 5.41 Å². The van der Waals surface area contributed by atoms with E-state index >= 15 is 0 Å². The first-order valence-electron chi connectivity index (χ1n) is 4.05. The van der Waals surface area contributed by atoms with Crippen molar-refractivity contribution in [1.29, 1.82) is 0 Å². The molecule has 11 heavy (non-hydrogen) atoms. The molecule has 68 valence electrons. The smallest absolute Gasteiger partial charge is 0.0241 e. The number of piperazine rings is 1. The zero-order valence-electron chi connectivity index (χ0n) is 7.61. The summed E-state index contributed by atoms with van der Waals surface area (Å²) in [7, 11) is 0. The summed E-state index contributed by atoms with van der Waals surface area (Å²) in [5.41, 5.74) is 0.396. The normalized spacial score (nSPS) is 25.9. The lowest BCUT2D eigenvalue weighted by Crippen LogP contribution is -2.54. The summed E-state index contributed by atoms with van der Waals surface area (Å²) in [5, 5.41) is 6.88. The van der Waals surface area contributed by atoms with Gasteiger partial charge in [0.25, 0.3) is 0 Å². The van der Waals surface area contributed by atoms with Crippen LogP contribution in [-0.4, -0.2) is 25.7 Å².